The smallest absolute Gasteiger partial charge is 0.466 e. The second kappa shape index (κ2) is 8.63. The molecule has 0 aromatic heterocycles. The average Bonchev–Trinajstić information content (AvgIpc) is 2.35. The SMILES string of the molecule is CCCCC(C(=O)OCC)[Si](OC)(OC)OC. The highest BCUT2D eigenvalue weighted by Gasteiger charge is 2.51. The maximum absolute atomic E-state index is 11.9. The summed E-state index contributed by atoms with van der Waals surface area (Å²) in [6.45, 7) is 4.20. The van der Waals surface area contributed by atoms with Crippen LogP contribution in [-0.4, -0.2) is 42.7 Å². The van der Waals surface area contributed by atoms with Crippen LogP contribution in [0.3, 0.4) is 0 Å². The highest BCUT2D eigenvalue weighted by molar-refractivity contribution is 6.66. The summed E-state index contributed by atoms with van der Waals surface area (Å²) in [5.74, 6) is -0.293. The third-order valence-corrected chi connectivity index (χ3v) is 5.78. The van der Waals surface area contributed by atoms with Crippen molar-refractivity contribution in [2.45, 2.75) is 38.7 Å². The first-order valence-electron chi connectivity index (χ1n) is 5.93. The normalized spacial score (nSPS) is 13.5. The fraction of sp³-hybridized carbons (Fsp3) is 0.909. The number of esters is 1. The van der Waals surface area contributed by atoms with Crippen LogP contribution in [0.1, 0.15) is 33.1 Å². The number of hydrogen-bond donors (Lipinski definition) is 0. The quantitative estimate of drug-likeness (QED) is 0.471. The molecule has 0 heterocycles. The second-order valence-corrected chi connectivity index (χ2v) is 6.79. The number of carbonyl (C=O) groups excluding carboxylic acids is 1. The molecule has 1 unspecified atom stereocenters. The third kappa shape index (κ3) is 4.38. The van der Waals surface area contributed by atoms with Crippen LogP contribution in [0.5, 0.6) is 0 Å². The van der Waals surface area contributed by atoms with Gasteiger partial charge in [-0.25, -0.2) is 0 Å². The molecule has 1 atom stereocenters. The molecular weight excluding hydrogens is 240 g/mol. The molecule has 0 saturated heterocycles. The summed E-state index contributed by atoms with van der Waals surface area (Å²) in [7, 11) is 1.57. The molecule has 0 bridgehead atoms. The van der Waals surface area contributed by atoms with Gasteiger partial charge in [0.2, 0.25) is 0 Å². The molecule has 17 heavy (non-hydrogen) atoms. The Labute approximate surface area is 105 Å². The molecule has 0 aliphatic carbocycles. The minimum atomic E-state index is -2.96. The van der Waals surface area contributed by atoms with Gasteiger partial charge in [0.25, 0.3) is 0 Å². The molecule has 0 aromatic rings. The van der Waals surface area contributed by atoms with Gasteiger partial charge in [0.05, 0.1) is 6.61 Å². The first kappa shape index (κ1) is 16.6. The van der Waals surface area contributed by atoms with Crippen molar-refractivity contribution in [2.24, 2.45) is 0 Å². The molecule has 0 fully saturated rings. The van der Waals surface area contributed by atoms with E-state index < -0.39 is 14.3 Å². The van der Waals surface area contributed by atoms with Gasteiger partial charge >= 0.3 is 14.8 Å². The van der Waals surface area contributed by atoms with Crippen LogP contribution in [0, 0.1) is 0 Å². The van der Waals surface area contributed by atoms with Crippen molar-refractivity contribution in [3.8, 4) is 0 Å². The predicted molar refractivity (Wildman–Crippen MR) is 66.7 cm³/mol. The number of ether oxygens (including phenoxy) is 1. The van der Waals surface area contributed by atoms with E-state index in [9.17, 15) is 4.79 Å². The number of unbranched alkanes of at least 4 members (excludes halogenated alkanes) is 1. The van der Waals surface area contributed by atoms with Crippen LogP contribution in [-0.2, 0) is 22.8 Å². The standard InChI is InChI=1S/C11H24O5Si/c1-6-8-9-10(11(12)16-7-2)17(13-3,14-4)15-5/h10H,6-9H2,1-5H3. The number of hydrogen-bond acceptors (Lipinski definition) is 5. The fourth-order valence-electron chi connectivity index (χ4n) is 1.77. The molecule has 6 heteroatoms. The molecule has 0 aliphatic rings. The van der Waals surface area contributed by atoms with E-state index >= 15 is 0 Å². The monoisotopic (exact) mass is 264 g/mol. The Morgan fingerprint density at radius 2 is 1.65 bits per heavy atom. The molecule has 0 radical (unpaired) electrons. The zero-order chi connectivity index (χ0) is 13.3. The number of rotatable bonds is 9. The summed E-state index contributed by atoms with van der Waals surface area (Å²) in [5, 5.41) is 0. The van der Waals surface area contributed by atoms with Crippen LogP contribution in [0.25, 0.3) is 0 Å². The summed E-state index contributed by atoms with van der Waals surface area (Å²) in [6.07, 6.45) is 2.57. The molecule has 0 aliphatic heterocycles. The first-order chi connectivity index (χ1) is 8.11. The zero-order valence-corrected chi connectivity index (χ0v) is 12.4. The Hall–Kier alpha value is -0.433. The minimum Gasteiger partial charge on any atom is -0.466 e. The molecule has 0 spiro atoms. The summed E-state index contributed by atoms with van der Waals surface area (Å²) in [5.41, 5.74) is -0.442. The Kier molecular flexibility index (Phi) is 8.41. The van der Waals surface area contributed by atoms with Gasteiger partial charge < -0.3 is 18.0 Å². The van der Waals surface area contributed by atoms with E-state index in [4.69, 9.17) is 18.0 Å². The van der Waals surface area contributed by atoms with Crippen molar-refractivity contribution in [3.05, 3.63) is 0 Å². The van der Waals surface area contributed by atoms with Gasteiger partial charge in [0.1, 0.15) is 5.54 Å². The van der Waals surface area contributed by atoms with Gasteiger partial charge in [-0.2, -0.15) is 0 Å². The van der Waals surface area contributed by atoms with Gasteiger partial charge in [-0.15, -0.1) is 0 Å². The van der Waals surface area contributed by atoms with Crippen molar-refractivity contribution in [2.75, 3.05) is 27.9 Å². The summed E-state index contributed by atoms with van der Waals surface area (Å²) >= 11 is 0. The third-order valence-electron chi connectivity index (χ3n) is 2.70. The fourth-order valence-corrected chi connectivity index (χ4v) is 4.05. The van der Waals surface area contributed by atoms with Crippen molar-refractivity contribution in [1.29, 1.82) is 0 Å². The van der Waals surface area contributed by atoms with E-state index in [1.165, 1.54) is 21.3 Å². The highest BCUT2D eigenvalue weighted by atomic mass is 28.4. The summed E-state index contributed by atoms with van der Waals surface area (Å²) < 4.78 is 21.1. The van der Waals surface area contributed by atoms with E-state index in [-0.39, 0.29) is 5.97 Å². The zero-order valence-electron chi connectivity index (χ0n) is 11.4. The van der Waals surface area contributed by atoms with Crippen molar-refractivity contribution in [3.63, 3.8) is 0 Å². The topological polar surface area (TPSA) is 54.0 Å². The van der Waals surface area contributed by atoms with E-state index in [1.54, 1.807) is 6.92 Å². The lowest BCUT2D eigenvalue weighted by molar-refractivity contribution is -0.144. The van der Waals surface area contributed by atoms with Crippen molar-refractivity contribution in [1.82, 2.24) is 0 Å². The highest BCUT2D eigenvalue weighted by Crippen LogP contribution is 2.30. The van der Waals surface area contributed by atoms with Crippen LogP contribution in [0.4, 0.5) is 0 Å². The second-order valence-electron chi connectivity index (χ2n) is 3.66. The van der Waals surface area contributed by atoms with Crippen LogP contribution < -0.4 is 0 Å². The van der Waals surface area contributed by atoms with Crippen LogP contribution in [0.15, 0.2) is 0 Å². The predicted octanol–water partition coefficient (Wildman–Crippen LogP) is 1.99. The Morgan fingerprint density at radius 1 is 1.12 bits per heavy atom. The van der Waals surface area contributed by atoms with E-state index in [2.05, 4.69) is 6.92 Å². The van der Waals surface area contributed by atoms with Gasteiger partial charge in [-0.3, -0.25) is 4.79 Å². The Bertz CT molecular complexity index is 210. The maximum Gasteiger partial charge on any atom is 0.514 e. The van der Waals surface area contributed by atoms with E-state index in [0.717, 1.165) is 12.8 Å². The van der Waals surface area contributed by atoms with Crippen molar-refractivity contribution >= 4 is 14.8 Å². The van der Waals surface area contributed by atoms with Crippen molar-refractivity contribution < 1.29 is 22.8 Å². The molecule has 102 valence electrons. The average molecular weight is 264 g/mol. The molecule has 0 rings (SSSR count). The molecule has 0 amide bonds. The lowest BCUT2D eigenvalue weighted by Gasteiger charge is -2.30. The van der Waals surface area contributed by atoms with E-state index in [0.29, 0.717) is 13.0 Å². The van der Waals surface area contributed by atoms with Crippen LogP contribution >= 0.6 is 0 Å². The lowest BCUT2D eigenvalue weighted by atomic mass is 10.2. The van der Waals surface area contributed by atoms with E-state index in [1.807, 2.05) is 0 Å². The molecule has 0 saturated carbocycles. The Balaban J connectivity index is 4.90. The first-order valence-corrected chi connectivity index (χ1v) is 7.74. The molecule has 0 aromatic carbocycles. The maximum atomic E-state index is 11.9. The molecule has 5 nitrogen and oxygen atoms in total. The summed E-state index contributed by atoms with van der Waals surface area (Å²) in [6, 6.07) is 0. The van der Waals surface area contributed by atoms with Gasteiger partial charge in [0, 0.05) is 21.3 Å². The number of carbonyl (C=O) groups is 1. The molecular formula is C11H24O5Si. The van der Waals surface area contributed by atoms with Gasteiger partial charge in [0.15, 0.2) is 0 Å². The van der Waals surface area contributed by atoms with Gasteiger partial charge in [-0.05, 0) is 13.3 Å². The largest absolute Gasteiger partial charge is 0.514 e. The minimum absolute atomic E-state index is 0.293. The molecule has 0 N–H and O–H groups in total. The van der Waals surface area contributed by atoms with Gasteiger partial charge in [-0.1, -0.05) is 19.8 Å². The lowest BCUT2D eigenvalue weighted by Crippen LogP contribution is -2.50. The van der Waals surface area contributed by atoms with Crippen LogP contribution in [0.2, 0.25) is 5.54 Å². The Morgan fingerprint density at radius 3 is 2.00 bits per heavy atom. The summed E-state index contributed by atoms with van der Waals surface area (Å²) in [4.78, 5) is 11.9.